The van der Waals surface area contributed by atoms with Crippen molar-refractivity contribution in [2.24, 2.45) is 5.92 Å². The number of H-pyrrole nitrogens is 1. The largest absolute Gasteiger partial charge is 0.481 e. The van der Waals surface area contributed by atoms with E-state index in [-0.39, 0.29) is 18.2 Å². The third-order valence-electron chi connectivity index (χ3n) is 3.46. The Hall–Kier alpha value is -1.92. The van der Waals surface area contributed by atoms with Gasteiger partial charge < -0.3 is 10.0 Å². The predicted molar refractivity (Wildman–Crippen MR) is 66.6 cm³/mol. The summed E-state index contributed by atoms with van der Waals surface area (Å²) in [6.45, 7) is 3.05. The smallest absolute Gasteiger partial charge is 0.303 e. The van der Waals surface area contributed by atoms with Gasteiger partial charge in [-0.25, -0.2) is 4.98 Å². The average molecular weight is 266 g/mol. The van der Waals surface area contributed by atoms with E-state index in [1.165, 1.54) is 0 Å². The van der Waals surface area contributed by atoms with Crippen molar-refractivity contribution in [3.63, 3.8) is 0 Å². The number of rotatable bonds is 4. The standard InChI is InChI=1S/C12H18N4O3/c1-8-13-11(15-14-8)12(19)16-6-4-9(5-7-16)2-3-10(17)18/h9H,2-7H2,1H3,(H,17,18)(H,13,14,15). The van der Waals surface area contributed by atoms with Gasteiger partial charge in [0, 0.05) is 19.5 Å². The molecule has 1 aromatic rings. The fraction of sp³-hybridized carbons (Fsp3) is 0.667. The lowest BCUT2D eigenvalue weighted by Crippen LogP contribution is -2.39. The van der Waals surface area contributed by atoms with E-state index in [1.54, 1.807) is 11.8 Å². The van der Waals surface area contributed by atoms with Crippen molar-refractivity contribution in [3.05, 3.63) is 11.6 Å². The van der Waals surface area contributed by atoms with Crippen LogP contribution < -0.4 is 0 Å². The molecule has 19 heavy (non-hydrogen) atoms. The van der Waals surface area contributed by atoms with Crippen molar-refractivity contribution >= 4 is 11.9 Å². The second-order valence-electron chi connectivity index (χ2n) is 4.91. The summed E-state index contributed by atoms with van der Waals surface area (Å²) < 4.78 is 0. The Morgan fingerprint density at radius 2 is 2.11 bits per heavy atom. The number of hydrogen-bond acceptors (Lipinski definition) is 4. The number of hydrogen-bond donors (Lipinski definition) is 2. The highest BCUT2D eigenvalue weighted by Gasteiger charge is 2.25. The van der Waals surface area contributed by atoms with Crippen LogP contribution in [0.4, 0.5) is 0 Å². The van der Waals surface area contributed by atoms with Crippen LogP contribution in [0.5, 0.6) is 0 Å². The topological polar surface area (TPSA) is 99.2 Å². The molecule has 0 aliphatic carbocycles. The highest BCUT2D eigenvalue weighted by Crippen LogP contribution is 2.22. The molecule has 1 aliphatic heterocycles. The molecule has 104 valence electrons. The van der Waals surface area contributed by atoms with Crippen molar-refractivity contribution in [3.8, 4) is 0 Å². The van der Waals surface area contributed by atoms with Crippen LogP contribution in [0.1, 0.15) is 42.1 Å². The SMILES string of the molecule is Cc1nc(C(=O)N2CCC(CCC(=O)O)CC2)n[nH]1. The first kappa shape index (κ1) is 13.5. The van der Waals surface area contributed by atoms with Crippen LogP contribution in [-0.4, -0.2) is 50.2 Å². The number of carboxylic acid groups (broad SMARTS) is 1. The molecule has 1 saturated heterocycles. The van der Waals surface area contributed by atoms with Gasteiger partial charge >= 0.3 is 5.97 Å². The number of amides is 1. The fourth-order valence-corrected chi connectivity index (χ4v) is 2.33. The minimum Gasteiger partial charge on any atom is -0.481 e. The molecule has 2 N–H and O–H groups in total. The van der Waals surface area contributed by atoms with Gasteiger partial charge in [-0.05, 0) is 32.1 Å². The van der Waals surface area contributed by atoms with Gasteiger partial charge in [0.15, 0.2) is 0 Å². The van der Waals surface area contributed by atoms with Crippen LogP contribution in [0, 0.1) is 12.8 Å². The summed E-state index contributed by atoms with van der Waals surface area (Å²) in [6.07, 6.45) is 2.60. The highest BCUT2D eigenvalue weighted by molar-refractivity contribution is 5.90. The van der Waals surface area contributed by atoms with E-state index in [2.05, 4.69) is 15.2 Å². The number of nitrogens with zero attached hydrogens (tertiary/aromatic N) is 3. The molecule has 7 heteroatoms. The molecule has 7 nitrogen and oxygen atoms in total. The second-order valence-corrected chi connectivity index (χ2v) is 4.91. The summed E-state index contributed by atoms with van der Waals surface area (Å²) in [5.74, 6) is 0.325. The zero-order valence-corrected chi connectivity index (χ0v) is 10.9. The zero-order chi connectivity index (χ0) is 13.8. The maximum absolute atomic E-state index is 12.1. The summed E-state index contributed by atoms with van der Waals surface area (Å²) in [5, 5.41) is 15.2. The lowest BCUT2D eigenvalue weighted by Gasteiger charge is -2.31. The summed E-state index contributed by atoms with van der Waals surface area (Å²) in [6, 6.07) is 0. The molecular weight excluding hydrogens is 248 g/mol. The Bertz CT molecular complexity index is 463. The van der Waals surface area contributed by atoms with Crippen molar-refractivity contribution in [2.45, 2.75) is 32.6 Å². The number of piperidine rings is 1. The first-order valence-corrected chi connectivity index (χ1v) is 6.46. The van der Waals surface area contributed by atoms with Crippen molar-refractivity contribution in [1.29, 1.82) is 0 Å². The molecule has 0 radical (unpaired) electrons. The molecular formula is C12H18N4O3. The number of carbonyl (C=O) groups excluding carboxylic acids is 1. The fourth-order valence-electron chi connectivity index (χ4n) is 2.33. The number of carboxylic acids is 1. The monoisotopic (exact) mass is 266 g/mol. The Balaban J connectivity index is 1.83. The van der Waals surface area contributed by atoms with E-state index in [4.69, 9.17) is 5.11 Å². The Morgan fingerprint density at radius 1 is 1.42 bits per heavy atom. The number of aromatic amines is 1. The van der Waals surface area contributed by atoms with E-state index in [0.717, 1.165) is 12.8 Å². The summed E-state index contributed by atoms with van der Waals surface area (Å²) in [5.41, 5.74) is 0. The van der Waals surface area contributed by atoms with Crippen LogP contribution in [0.2, 0.25) is 0 Å². The normalized spacial score (nSPS) is 16.6. The number of aryl methyl sites for hydroxylation is 1. The minimum absolute atomic E-state index is 0.152. The molecule has 1 fully saturated rings. The van der Waals surface area contributed by atoms with Gasteiger partial charge in [0.1, 0.15) is 5.82 Å². The van der Waals surface area contributed by atoms with Crippen LogP contribution in [0.25, 0.3) is 0 Å². The molecule has 1 aromatic heterocycles. The number of aliphatic carboxylic acids is 1. The Kier molecular flexibility index (Phi) is 4.13. The van der Waals surface area contributed by atoms with Crippen LogP contribution >= 0.6 is 0 Å². The minimum atomic E-state index is -0.755. The Labute approximate surface area is 111 Å². The first-order valence-electron chi connectivity index (χ1n) is 6.46. The van der Waals surface area contributed by atoms with E-state index in [0.29, 0.717) is 31.3 Å². The molecule has 0 aromatic carbocycles. The highest BCUT2D eigenvalue weighted by atomic mass is 16.4. The van der Waals surface area contributed by atoms with E-state index >= 15 is 0 Å². The number of likely N-dealkylation sites (tertiary alicyclic amines) is 1. The van der Waals surface area contributed by atoms with E-state index in [9.17, 15) is 9.59 Å². The van der Waals surface area contributed by atoms with Gasteiger partial charge in [0.2, 0.25) is 5.82 Å². The average Bonchev–Trinajstić information content (AvgIpc) is 2.83. The number of carbonyl (C=O) groups is 2. The first-order chi connectivity index (χ1) is 9.06. The summed E-state index contributed by atoms with van der Waals surface area (Å²) in [7, 11) is 0. The third kappa shape index (κ3) is 3.52. The van der Waals surface area contributed by atoms with Gasteiger partial charge in [-0.15, -0.1) is 5.10 Å². The molecule has 1 aliphatic rings. The molecule has 0 atom stereocenters. The van der Waals surface area contributed by atoms with Crippen molar-refractivity contribution in [2.75, 3.05) is 13.1 Å². The molecule has 2 rings (SSSR count). The lowest BCUT2D eigenvalue weighted by molar-refractivity contribution is -0.137. The summed E-state index contributed by atoms with van der Waals surface area (Å²) in [4.78, 5) is 28.4. The van der Waals surface area contributed by atoms with Crippen LogP contribution in [0.15, 0.2) is 0 Å². The summed E-state index contributed by atoms with van der Waals surface area (Å²) >= 11 is 0. The maximum Gasteiger partial charge on any atom is 0.303 e. The van der Waals surface area contributed by atoms with Gasteiger partial charge in [0.05, 0.1) is 0 Å². The van der Waals surface area contributed by atoms with E-state index < -0.39 is 5.97 Å². The zero-order valence-electron chi connectivity index (χ0n) is 10.9. The molecule has 2 heterocycles. The third-order valence-corrected chi connectivity index (χ3v) is 3.46. The van der Waals surface area contributed by atoms with Crippen LogP contribution in [0.3, 0.4) is 0 Å². The van der Waals surface area contributed by atoms with Gasteiger partial charge in [-0.2, -0.15) is 0 Å². The van der Waals surface area contributed by atoms with E-state index in [1.807, 2.05) is 0 Å². The molecule has 0 saturated carbocycles. The van der Waals surface area contributed by atoms with Gasteiger partial charge in [0.25, 0.3) is 5.91 Å². The maximum atomic E-state index is 12.1. The quantitative estimate of drug-likeness (QED) is 0.841. The van der Waals surface area contributed by atoms with Gasteiger partial charge in [-0.1, -0.05) is 0 Å². The number of aromatic nitrogens is 3. The lowest BCUT2D eigenvalue weighted by atomic mass is 9.92. The number of nitrogens with one attached hydrogen (secondary N) is 1. The Morgan fingerprint density at radius 3 is 2.63 bits per heavy atom. The van der Waals surface area contributed by atoms with Crippen LogP contribution in [-0.2, 0) is 4.79 Å². The van der Waals surface area contributed by atoms with Crippen molar-refractivity contribution < 1.29 is 14.7 Å². The predicted octanol–water partition coefficient (Wildman–Crippen LogP) is 0.830. The molecule has 0 spiro atoms. The second kappa shape index (κ2) is 5.81. The molecule has 0 unspecified atom stereocenters. The molecule has 0 bridgehead atoms. The molecule has 1 amide bonds. The van der Waals surface area contributed by atoms with Crippen molar-refractivity contribution in [1.82, 2.24) is 20.1 Å². The van der Waals surface area contributed by atoms with Gasteiger partial charge in [-0.3, -0.25) is 14.7 Å².